The van der Waals surface area contributed by atoms with Crippen molar-refractivity contribution in [2.45, 2.75) is 96.3 Å². The average molecular weight is 936 g/mol. The van der Waals surface area contributed by atoms with Gasteiger partial charge in [-0.2, -0.15) is 0 Å². The molecule has 0 atom stereocenters. The van der Waals surface area contributed by atoms with Gasteiger partial charge in [-0.15, -0.1) is 11.3 Å². The molecule has 71 heavy (non-hydrogen) atoms. The van der Waals surface area contributed by atoms with Crippen LogP contribution in [0.25, 0.3) is 53.6 Å². The molecule has 13 rings (SSSR count). The van der Waals surface area contributed by atoms with Gasteiger partial charge in [-0.05, 0) is 137 Å². The molecule has 9 aromatic carbocycles. The molecule has 0 saturated carbocycles. The molecule has 0 bridgehead atoms. The van der Waals surface area contributed by atoms with Crippen molar-refractivity contribution < 1.29 is 0 Å². The third-order valence-electron chi connectivity index (χ3n) is 16.8. The van der Waals surface area contributed by atoms with Crippen LogP contribution in [0.4, 0.5) is 17.1 Å². The van der Waals surface area contributed by atoms with Crippen LogP contribution in [0.2, 0.25) is 0 Å². The molecule has 0 amide bonds. The Kier molecular flexibility index (Phi) is 9.30. The first kappa shape index (κ1) is 44.0. The molecule has 0 aliphatic heterocycles. The van der Waals surface area contributed by atoms with Gasteiger partial charge in [0.05, 0.1) is 11.1 Å². The molecule has 0 radical (unpaired) electrons. The van der Waals surface area contributed by atoms with Crippen LogP contribution in [0.3, 0.4) is 0 Å². The van der Waals surface area contributed by atoms with Gasteiger partial charge in [-0.1, -0.05) is 215 Å². The lowest BCUT2D eigenvalue weighted by Gasteiger charge is -2.35. The van der Waals surface area contributed by atoms with Gasteiger partial charge in [0.15, 0.2) is 0 Å². The second-order valence-electron chi connectivity index (χ2n) is 23.7. The monoisotopic (exact) mass is 935 g/mol. The van der Waals surface area contributed by atoms with Crippen LogP contribution in [-0.4, -0.2) is 0 Å². The molecule has 0 fully saturated rings. The Morgan fingerprint density at radius 1 is 0.423 bits per heavy atom. The molecule has 3 aliphatic carbocycles. The maximum absolute atomic E-state index is 2.60. The third-order valence-corrected chi connectivity index (χ3v) is 18.0. The summed E-state index contributed by atoms with van der Waals surface area (Å²) in [6.07, 6.45) is 0. The summed E-state index contributed by atoms with van der Waals surface area (Å²) in [7, 11) is 0. The molecular weight excluding hydrogens is 875 g/mol. The maximum Gasteiger partial charge on any atom is 0.0714 e. The number of thiophene rings is 1. The van der Waals surface area contributed by atoms with E-state index in [1.165, 1.54) is 115 Å². The van der Waals surface area contributed by atoms with Crippen molar-refractivity contribution in [3.63, 3.8) is 0 Å². The molecular formula is C69H61NS. The van der Waals surface area contributed by atoms with Crippen LogP contribution in [0, 0.1) is 0 Å². The van der Waals surface area contributed by atoms with Crippen molar-refractivity contribution >= 4 is 48.6 Å². The Morgan fingerprint density at radius 2 is 0.986 bits per heavy atom. The highest BCUT2D eigenvalue weighted by atomic mass is 32.1. The van der Waals surface area contributed by atoms with Gasteiger partial charge < -0.3 is 4.90 Å². The number of hydrogen-bond acceptors (Lipinski definition) is 2. The third kappa shape index (κ3) is 6.10. The number of nitrogens with zero attached hydrogens (tertiary/aromatic N) is 1. The van der Waals surface area contributed by atoms with Gasteiger partial charge in [0.25, 0.3) is 0 Å². The SMILES string of the molecule is CC(C)(C)c1cc(C(C)(C)C)c2sc3ccc4c(c3c2c1)C(C)(C)c1cccc(N(c2cccc(C3(c5ccccc5)c5ccccc5-c5ccccc53)c2)c2ccc3c(c2)C(C)(C)c2ccccc2-3)c1-4. The average Bonchev–Trinajstić information content (AvgIpc) is 4.03. The summed E-state index contributed by atoms with van der Waals surface area (Å²) in [4.78, 5) is 2.60. The normalized spacial score (nSPS) is 15.5. The van der Waals surface area contributed by atoms with E-state index in [1.54, 1.807) is 0 Å². The lowest BCUT2D eigenvalue weighted by Crippen LogP contribution is -2.28. The fourth-order valence-corrected chi connectivity index (χ4v) is 14.7. The molecule has 1 nitrogen and oxygen atoms in total. The van der Waals surface area contributed by atoms with Crippen molar-refractivity contribution in [2.75, 3.05) is 4.90 Å². The van der Waals surface area contributed by atoms with Gasteiger partial charge >= 0.3 is 0 Å². The van der Waals surface area contributed by atoms with E-state index < -0.39 is 5.41 Å². The zero-order valence-corrected chi connectivity index (χ0v) is 43.6. The molecule has 348 valence electrons. The van der Waals surface area contributed by atoms with Gasteiger partial charge in [0.1, 0.15) is 0 Å². The summed E-state index contributed by atoms with van der Waals surface area (Å²) in [6.45, 7) is 24.0. The van der Waals surface area contributed by atoms with E-state index in [9.17, 15) is 0 Å². The fourth-order valence-electron chi connectivity index (χ4n) is 13.3. The van der Waals surface area contributed by atoms with Crippen molar-refractivity contribution in [2.24, 2.45) is 0 Å². The van der Waals surface area contributed by atoms with Crippen LogP contribution in [0.1, 0.15) is 125 Å². The lowest BCUT2D eigenvalue weighted by molar-refractivity contribution is 0.573. The summed E-state index contributed by atoms with van der Waals surface area (Å²) in [5.41, 5.74) is 24.0. The Balaban J connectivity index is 1.10. The van der Waals surface area contributed by atoms with Crippen LogP contribution in [0.5, 0.6) is 0 Å². The largest absolute Gasteiger partial charge is 0.310 e. The number of benzene rings is 9. The molecule has 0 spiro atoms. The van der Waals surface area contributed by atoms with E-state index in [1.807, 2.05) is 11.3 Å². The van der Waals surface area contributed by atoms with Crippen molar-refractivity contribution in [1.29, 1.82) is 0 Å². The van der Waals surface area contributed by atoms with Gasteiger partial charge in [0.2, 0.25) is 0 Å². The molecule has 0 saturated heterocycles. The van der Waals surface area contributed by atoms with Gasteiger partial charge in [-0.25, -0.2) is 0 Å². The highest BCUT2D eigenvalue weighted by Gasteiger charge is 2.47. The maximum atomic E-state index is 2.60. The Morgan fingerprint density at radius 3 is 1.66 bits per heavy atom. The molecule has 3 aliphatic rings. The van der Waals surface area contributed by atoms with Crippen LogP contribution >= 0.6 is 11.3 Å². The van der Waals surface area contributed by atoms with E-state index in [4.69, 9.17) is 0 Å². The van der Waals surface area contributed by atoms with E-state index in [0.717, 1.165) is 11.4 Å². The topological polar surface area (TPSA) is 3.24 Å². The number of rotatable bonds is 5. The molecule has 2 heteroatoms. The summed E-state index contributed by atoms with van der Waals surface area (Å²) in [5.74, 6) is 0. The Bertz CT molecular complexity index is 3800. The molecule has 1 heterocycles. The first-order valence-corrected chi connectivity index (χ1v) is 26.4. The predicted molar refractivity (Wildman–Crippen MR) is 304 cm³/mol. The van der Waals surface area contributed by atoms with E-state index >= 15 is 0 Å². The highest BCUT2D eigenvalue weighted by molar-refractivity contribution is 7.26. The Hall–Kier alpha value is -7.00. The lowest BCUT2D eigenvalue weighted by atomic mass is 9.67. The summed E-state index contributed by atoms with van der Waals surface area (Å²) >= 11 is 1.98. The standard InChI is InChI=1S/C69H61NS/c1-65(2,3)44-39-52-62-60(71-64(52)58(40-44)66(4,5)6)37-36-51-61-56(68(9,10)63(51)62)32-21-33-59(61)70(46-34-35-50-47-26-14-17-29-53(47)67(7,8)57(50)41-46)45-25-20-24-43(38-45)69(42-22-12-11-13-23-42)54-30-18-15-27-48(54)49-28-16-19-31-55(49)69/h11-41H,1-10H3. The van der Waals surface area contributed by atoms with Crippen LogP contribution in [-0.2, 0) is 27.1 Å². The second-order valence-corrected chi connectivity index (χ2v) is 24.7. The molecule has 0 N–H and O–H groups in total. The Labute approximate surface area is 424 Å². The summed E-state index contributed by atoms with van der Waals surface area (Å²) < 4.78 is 2.79. The van der Waals surface area contributed by atoms with Gasteiger partial charge in [0, 0.05) is 47.9 Å². The summed E-state index contributed by atoms with van der Waals surface area (Å²) in [6, 6.07) is 72.3. The van der Waals surface area contributed by atoms with Crippen LogP contribution in [0.15, 0.2) is 188 Å². The molecule has 1 aromatic heterocycles. The molecule has 0 unspecified atom stereocenters. The quantitative estimate of drug-likeness (QED) is 0.166. The fraction of sp³-hybridized carbons (Fsp3) is 0.217. The highest BCUT2D eigenvalue weighted by Crippen LogP contribution is 2.61. The zero-order valence-electron chi connectivity index (χ0n) is 42.8. The van der Waals surface area contributed by atoms with Crippen molar-refractivity contribution in [1.82, 2.24) is 0 Å². The first-order chi connectivity index (χ1) is 34.0. The van der Waals surface area contributed by atoms with Crippen molar-refractivity contribution in [3.8, 4) is 33.4 Å². The minimum absolute atomic E-state index is 0.00219. The first-order valence-electron chi connectivity index (χ1n) is 25.6. The summed E-state index contributed by atoms with van der Waals surface area (Å²) in [5, 5.41) is 2.81. The van der Waals surface area contributed by atoms with E-state index in [2.05, 4.69) is 262 Å². The van der Waals surface area contributed by atoms with Gasteiger partial charge in [-0.3, -0.25) is 0 Å². The minimum atomic E-state index is -0.533. The zero-order chi connectivity index (χ0) is 49.0. The van der Waals surface area contributed by atoms with E-state index in [0.29, 0.717) is 0 Å². The minimum Gasteiger partial charge on any atom is -0.310 e. The predicted octanol–water partition coefficient (Wildman–Crippen LogP) is 19.1. The second kappa shape index (κ2) is 15.0. The van der Waals surface area contributed by atoms with Crippen molar-refractivity contribution in [3.05, 3.63) is 244 Å². The smallest absolute Gasteiger partial charge is 0.0714 e. The number of hydrogen-bond donors (Lipinski definition) is 0. The number of fused-ring (bicyclic) bond motifs is 13. The van der Waals surface area contributed by atoms with E-state index in [-0.39, 0.29) is 21.7 Å². The number of anilines is 3. The molecule has 10 aromatic rings. The van der Waals surface area contributed by atoms with Crippen LogP contribution < -0.4 is 4.90 Å².